The largest absolute Gasteiger partial charge is 0.393 e. The molecule has 2 N–H and O–H groups in total. The maximum atomic E-state index is 12.8. The molecule has 0 radical (unpaired) electrons. The summed E-state index contributed by atoms with van der Waals surface area (Å²) in [6, 6.07) is 0. The van der Waals surface area contributed by atoms with Crippen LogP contribution in [0.15, 0.2) is 12.7 Å². The Balaban J connectivity index is 2.02. The van der Waals surface area contributed by atoms with Crippen molar-refractivity contribution >= 4 is 5.78 Å². The molecular formula is C20H32O3. The van der Waals surface area contributed by atoms with Crippen LogP contribution >= 0.6 is 0 Å². The number of aliphatic hydroxyl groups excluding tert-OH is 1. The lowest BCUT2D eigenvalue weighted by Gasteiger charge is -2.65. The maximum absolute atomic E-state index is 12.8. The molecule has 0 aromatic carbocycles. The van der Waals surface area contributed by atoms with Gasteiger partial charge in [-0.05, 0) is 61.7 Å². The zero-order valence-electron chi connectivity index (χ0n) is 15.1. The summed E-state index contributed by atoms with van der Waals surface area (Å²) in [6.07, 6.45) is 5.75. The lowest BCUT2D eigenvalue weighted by molar-refractivity contribution is -0.238. The number of carbonyl (C=O) groups excluding carboxylic acids is 1. The molecule has 0 spiro atoms. The SMILES string of the molecule is C=C[C@@]1(C)C[C@H]2CC[C@]3(O)[C@H](C[C@H](O)CC3(C)C)[C@@]2(C)CC1=O. The van der Waals surface area contributed by atoms with E-state index < -0.39 is 11.0 Å². The maximum Gasteiger partial charge on any atom is 0.143 e. The van der Waals surface area contributed by atoms with Crippen molar-refractivity contribution in [2.24, 2.45) is 28.1 Å². The van der Waals surface area contributed by atoms with Gasteiger partial charge in [0.1, 0.15) is 5.78 Å². The Hall–Kier alpha value is -0.670. The van der Waals surface area contributed by atoms with Crippen LogP contribution in [0, 0.1) is 28.1 Å². The van der Waals surface area contributed by atoms with Crippen molar-refractivity contribution in [1.82, 2.24) is 0 Å². The van der Waals surface area contributed by atoms with Crippen LogP contribution in [-0.2, 0) is 4.79 Å². The quantitative estimate of drug-likeness (QED) is 0.727. The molecule has 0 amide bonds. The molecule has 0 unspecified atom stereocenters. The molecule has 3 rings (SSSR count). The molecule has 0 bridgehead atoms. The first-order valence-corrected chi connectivity index (χ1v) is 9.06. The van der Waals surface area contributed by atoms with Crippen molar-refractivity contribution < 1.29 is 15.0 Å². The van der Waals surface area contributed by atoms with Gasteiger partial charge in [0.15, 0.2) is 0 Å². The van der Waals surface area contributed by atoms with Crippen LogP contribution < -0.4 is 0 Å². The zero-order chi connectivity index (χ0) is 17.3. The third-order valence-electron chi connectivity index (χ3n) is 7.90. The van der Waals surface area contributed by atoms with Gasteiger partial charge in [-0.1, -0.05) is 26.8 Å². The predicted octanol–water partition coefficient (Wildman–Crippen LogP) is 3.49. The molecule has 3 nitrogen and oxygen atoms in total. The van der Waals surface area contributed by atoms with Gasteiger partial charge in [0, 0.05) is 11.8 Å². The summed E-state index contributed by atoms with van der Waals surface area (Å²) in [5.41, 5.74) is -1.74. The van der Waals surface area contributed by atoms with Crippen molar-refractivity contribution in [2.75, 3.05) is 0 Å². The van der Waals surface area contributed by atoms with Gasteiger partial charge in [-0.3, -0.25) is 4.79 Å². The van der Waals surface area contributed by atoms with Gasteiger partial charge >= 0.3 is 0 Å². The zero-order valence-corrected chi connectivity index (χ0v) is 15.1. The van der Waals surface area contributed by atoms with Gasteiger partial charge in [0.25, 0.3) is 0 Å². The van der Waals surface area contributed by atoms with Gasteiger partial charge in [-0.15, -0.1) is 6.58 Å². The topological polar surface area (TPSA) is 57.5 Å². The summed E-state index contributed by atoms with van der Waals surface area (Å²) in [6.45, 7) is 12.2. The van der Waals surface area contributed by atoms with Crippen LogP contribution in [0.2, 0.25) is 0 Å². The first-order valence-electron chi connectivity index (χ1n) is 9.06. The molecule has 0 aromatic rings. The Bertz CT molecular complexity index is 539. The Kier molecular flexibility index (Phi) is 3.67. The van der Waals surface area contributed by atoms with Crippen molar-refractivity contribution in [3.05, 3.63) is 12.7 Å². The molecule has 6 atom stereocenters. The first-order chi connectivity index (χ1) is 10.5. The second kappa shape index (κ2) is 4.92. The van der Waals surface area contributed by atoms with E-state index in [9.17, 15) is 15.0 Å². The molecule has 3 aliphatic carbocycles. The minimum absolute atomic E-state index is 0.00850. The molecule has 130 valence electrons. The fourth-order valence-electron chi connectivity index (χ4n) is 6.10. The Morgan fingerprint density at radius 3 is 2.48 bits per heavy atom. The van der Waals surface area contributed by atoms with E-state index in [1.54, 1.807) is 0 Å². The number of hydrogen-bond acceptors (Lipinski definition) is 3. The van der Waals surface area contributed by atoms with Gasteiger partial charge in [-0.25, -0.2) is 0 Å². The van der Waals surface area contributed by atoms with Crippen molar-refractivity contribution in [2.45, 2.75) is 77.9 Å². The second-order valence-corrected chi connectivity index (χ2v) is 9.62. The van der Waals surface area contributed by atoms with E-state index in [0.717, 1.165) is 19.3 Å². The number of hydrogen-bond donors (Lipinski definition) is 2. The van der Waals surface area contributed by atoms with E-state index in [-0.39, 0.29) is 28.6 Å². The number of Topliss-reactive ketones (excluding diaryl/α,β-unsaturated/α-hetero) is 1. The summed E-state index contributed by atoms with van der Waals surface area (Å²) in [5, 5.41) is 22.0. The molecule has 3 saturated carbocycles. The smallest absolute Gasteiger partial charge is 0.143 e. The number of allylic oxidation sites excluding steroid dienone is 1. The van der Waals surface area contributed by atoms with E-state index in [4.69, 9.17) is 0 Å². The van der Waals surface area contributed by atoms with Gasteiger partial charge in [-0.2, -0.15) is 0 Å². The molecule has 23 heavy (non-hydrogen) atoms. The summed E-state index contributed by atoms with van der Waals surface area (Å²) >= 11 is 0. The highest BCUT2D eigenvalue weighted by Crippen LogP contribution is 2.65. The molecule has 0 saturated heterocycles. The minimum Gasteiger partial charge on any atom is -0.393 e. The third-order valence-corrected chi connectivity index (χ3v) is 7.90. The van der Waals surface area contributed by atoms with E-state index in [0.29, 0.717) is 25.2 Å². The van der Waals surface area contributed by atoms with Crippen LogP contribution in [0.4, 0.5) is 0 Å². The highest BCUT2D eigenvalue weighted by atomic mass is 16.3. The fraction of sp³-hybridized carbons (Fsp3) is 0.850. The van der Waals surface area contributed by atoms with Crippen molar-refractivity contribution in [1.29, 1.82) is 0 Å². The summed E-state index contributed by atoms with van der Waals surface area (Å²) in [5.74, 6) is 0.647. The first kappa shape index (κ1) is 17.2. The van der Waals surface area contributed by atoms with Crippen LogP contribution in [0.25, 0.3) is 0 Å². The lowest BCUT2D eigenvalue weighted by atomic mass is 9.41. The third kappa shape index (κ3) is 2.19. The monoisotopic (exact) mass is 320 g/mol. The molecule has 3 heteroatoms. The Morgan fingerprint density at radius 1 is 1.22 bits per heavy atom. The molecule has 0 aromatic heterocycles. The average molecular weight is 320 g/mol. The van der Waals surface area contributed by atoms with Crippen LogP contribution in [0.3, 0.4) is 0 Å². The van der Waals surface area contributed by atoms with Gasteiger partial charge < -0.3 is 10.2 Å². The van der Waals surface area contributed by atoms with Crippen molar-refractivity contribution in [3.8, 4) is 0 Å². The Morgan fingerprint density at radius 2 is 1.87 bits per heavy atom. The molecule has 0 aliphatic heterocycles. The second-order valence-electron chi connectivity index (χ2n) is 9.62. The highest BCUT2D eigenvalue weighted by Gasteiger charge is 2.65. The van der Waals surface area contributed by atoms with Crippen LogP contribution in [0.5, 0.6) is 0 Å². The molecular weight excluding hydrogens is 288 g/mol. The number of fused-ring (bicyclic) bond motifs is 3. The van der Waals surface area contributed by atoms with E-state index >= 15 is 0 Å². The Labute approximate surface area is 140 Å². The number of carbonyl (C=O) groups is 1. The lowest BCUT2D eigenvalue weighted by Crippen LogP contribution is -2.66. The minimum atomic E-state index is -0.778. The molecule has 3 aliphatic rings. The van der Waals surface area contributed by atoms with E-state index in [2.05, 4.69) is 27.4 Å². The van der Waals surface area contributed by atoms with Crippen LogP contribution in [0.1, 0.15) is 66.2 Å². The summed E-state index contributed by atoms with van der Waals surface area (Å²) in [7, 11) is 0. The average Bonchev–Trinajstić information content (AvgIpc) is 2.44. The van der Waals surface area contributed by atoms with Gasteiger partial charge in [0.05, 0.1) is 11.7 Å². The van der Waals surface area contributed by atoms with E-state index in [1.807, 2.05) is 13.0 Å². The summed E-state index contributed by atoms with van der Waals surface area (Å²) < 4.78 is 0. The fourth-order valence-corrected chi connectivity index (χ4v) is 6.10. The molecule has 3 fully saturated rings. The van der Waals surface area contributed by atoms with Gasteiger partial charge in [0.2, 0.25) is 0 Å². The predicted molar refractivity (Wildman–Crippen MR) is 90.8 cm³/mol. The summed E-state index contributed by atoms with van der Waals surface area (Å²) in [4.78, 5) is 12.8. The highest BCUT2D eigenvalue weighted by molar-refractivity contribution is 5.87. The van der Waals surface area contributed by atoms with Crippen molar-refractivity contribution in [3.63, 3.8) is 0 Å². The van der Waals surface area contributed by atoms with E-state index in [1.165, 1.54) is 0 Å². The standard InChI is InChI=1S/C20H32O3/c1-6-18(4)10-13-7-8-20(23)15(19(13,5)12-16(18)22)9-14(21)11-17(20,2)3/h6,13-15,21,23H,1,7-12H2,2-5H3/t13-,14+,15-,18+,19+,20+/m1/s1. The number of rotatable bonds is 1. The number of aliphatic hydroxyl groups is 2. The number of ketones is 1. The molecule has 0 heterocycles. The van der Waals surface area contributed by atoms with Crippen LogP contribution in [-0.4, -0.2) is 27.7 Å². The normalized spacial score (nSPS) is 52.4.